The number of aliphatic hydroxyl groups is 1. The lowest BCUT2D eigenvalue weighted by Gasteiger charge is -2.30. The molecule has 0 aliphatic carbocycles. The molecule has 4 heteroatoms. The summed E-state index contributed by atoms with van der Waals surface area (Å²) in [6, 6.07) is 19.6. The lowest BCUT2D eigenvalue weighted by atomic mass is 9.83. The summed E-state index contributed by atoms with van der Waals surface area (Å²) in [5.41, 5.74) is 1.27. The molecular formula is C20H22ClN2O-. The van der Waals surface area contributed by atoms with Crippen molar-refractivity contribution in [2.24, 2.45) is 7.05 Å². The van der Waals surface area contributed by atoms with Gasteiger partial charge in [-0.2, -0.15) is 0 Å². The average Bonchev–Trinajstić information content (AvgIpc) is 2.97. The molecule has 0 aliphatic heterocycles. The molecule has 3 rings (SSSR count). The van der Waals surface area contributed by atoms with Gasteiger partial charge < -0.3 is 22.1 Å². The zero-order valence-corrected chi connectivity index (χ0v) is 14.7. The van der Waals surface area contributed by atoms with Gasteiger partial charge in [-0.3, -0.25) is 0 Å². The molecule has 2 aromatic carbocycles. The van der Waals surface area contributed by atoms with E-state index in [0.29, 0.717) is 0 Å². The lowest BCUT2D eigenvalue weighted by Crippen LogP contribution is -3.00. The van der Waals surface area contributed by atoms with Crippen molar-refractivity contribution >= 4 is 0 Å². The minimum Gasteiger partial charge on any atom is -1.00 e. The van der Waals surface area contributed by atoms with Crippen LogP contribution in [0.25, 0.3) is 0 Å². The Balaban J connectivity index is 0.00000208. The van der Waals surface area contributed by atoms with Crippen molar-refractivity contribution in [3.05, 3.63) is 89.5 Å². The Morgan fingerprint density at radius 1 is 0.958 bits per heavy atom. The van der Waals surface area contributed by atoms with Crippen LogP contribution < -0.4 is 12.4 Å². The summed E-state index contributed by atoms with van der Waals surface area (Å²) in [5.74, 6) is 0.993. The molecular weight excluding hydrogens is 320 g/mol. The van der Waals surface area contributed by atoms with Crippen LogP contribution in [0.4, 0.5) is 0 Å². The van der Waals surface area contributed by atoms with Gasteiger partial charge in [0.05, 0.1) is 11.9 Å². The van der Waals surface area contributed by atoms with Crippen LogP contribution in [0.1, 0.15) is 36.0 Å². The predicted octanol–water partition coefficient (Wildman–Crippen LogP) is 0.661. The number of hydrogen-bond acceptors (Lipinski definition) is 2. The predicted molar refractivity (Wildman–Crippen MR) is 92.2 cm³/mol. The van der Waals surface area contributed by atoms with Gasteiger partial charge in [0.15, 0.2) is 5.60 Å². The largest absolute Gasteiger partial charge is 1.00 e. The van der Waals surface area contributed by atoms with Gasteiger partial charge in [-0.25, -0.2) is 4.98 Å². The highest BCUT2D eigenvalue weighted by Gasteiger charge is 2.36. The smallest absolute Gasteiger partial charge is 0.156 e. The monoisotopic (exact) mass is 341 g/mol. The summed E-state index contributed by atoms with van der Waals surface area (Å²) in [6.45, 7) is 2.13. The first kappa shape index (κ1) is 18.2. The van der Waals surface area contributed by atoms with Crippen molar-refractivity contribution in [2.75, 3.05) is 0 Å². The van der Waals surface area contributed by atoms with Crippen LogP contribution in [0.2, 0.25) is 0 Å². The van der Waals surface area contributed by atoms with Gasteiger partial charge in [-0.05, 0) is 17.5 Å². The molecule has 0 spiro atoms. The van der Waals surface area contributed by atoms with Crippen LogP contribution >= 0.6 is 0 Å². The quantitative estimate of drug-likeness (QED) is 0.740. The Hall–Kier alpha value is -2.10. The lowest BCUT2D eigenvalue weighted by molar-refractivity contribution is -0.00000740. The summed E-state index contributed by atoms with van der Waals surface area (Å²) in [5, 5.41) is 11.7. The van der Waals surface area contributed by atoms with Gasteiger partial charge in [0.1, 0.15) is 5.82 Å². The first-order valence-electron chi connectivity index (χ1n) is 8.02. The second-order valence-electron chi connectivity index (χ2n) is 5.81. The molecule has 0 amide bonds. The summed E-state index contributed by atoms with van der Waals surface area (Å²) in [4.78, 5) is 4.53. The fourth-order valence-electron chi connectivity index (χ4n) is 3.06. The first-order valence-corrected chi connectivity index (χ1v) is 8.02. The Morgan fingerprint density at radius 3 is 1.92 bits per heavy atom. The number of nitrogens with zero attached hydrogens (tertiary/aromatic N) is 2. The standard InChI is InChI=1S/C20H22N2O.ClH/c1-3-10-19-21-15-18(22(19)2)20(23,16-11-6-4-7-12-16)17-13-8-5-9-14-17;/h4-9,11-15,23H,3,10H2,1-2H3;1H/p-1. The van der Waals surface area contributed by atoms with Gasteiger partial charge in [0, 0.05) is 13.5 Å². The van der Waals surface area contributed by atoms with Gasteiger partial charge in [0.2, 0.25) is 0 Å². The molecule has 0 atom stereocenters. The molecule has 0 aliphatic rings. The number of aryl methyl sites for hydroxylation is 1. The summed E-state index contributed by atoms with van der Waals surface area (Å²) in [6.07, 6.45) is 3.72. The Kier molecular flexibility index (Phi) is 5.81. The van der Waals surface area contributed by atoms with Crippen molar-refractivity contribution in [2.45, 2.75) is 25.4 Å². The maximum Gasteiger partial charge on any atom is 0.156 e. The normalized spacial score (nSPS) is 11.1. The molecule has 0 bridgehead atoms. The highest BCUT2D eigenvalue weighted by molar-refractivity contribution is 5.44. The minimum absolute atomic E-state index is 0. The van der Waals surface area contributed by atoms with Crippen LogP contribution in [0.3, 0.4) is 0 Å². The fraction of sp³-hybridized carbons (Fsp3) is 0.250. The molecule has 0 unspecified atom stereocenters. The maximum atomic E-state index is 11.7. The third-order valence-corrected chi connectivity index (χ3v) is 4.31. The van der Waals surface area contributed by atoms with E-state index in [-0.39, 0.29) is 12.4 Å². The number of benzene rings is 2. The van der Waals surface area contributed by atoms with E-state index in [4.69, 9.17) is 0 Å². The van der Waals surface area contributed by atoms with Crippen LogP contribution in [0, 0.1) is 0 Å². The van der Waals surface area contributed by atoms with E-state index in [0.717, 1.165) is 35.5 Å². The maximum absolute atomic E-state index is 11.7. The van der Waals surface area contributed by atoms with Crippen LogP contribution in [-0.4, -0.2) is 14.7 Å². The number of imidazole rings is 1. The summed E-state index contributed by atoms with van der Waals surface area (Å²) >= 11 is 0. The number of aromatic nitrogens is 2. The van der Waals surface area contributed by atoms with Crippen molar-refractivity contribution in [3.8, 4) is 0 Å². The van der Waals surface area contributed by atoms with Gasteiger partial charge in [0.25, 0.3) is 0 Å². The number of rotatable bonds is 5. The third-order valence-electron chi connectivity index (χ3n) is 4.31. The Bertz CT molecular complexity index is 729. The molecule has 1 heterocycles. The second-order valence-corrected chi connectivity index (χ2v) is 5.81. The van der Waals surface area contributed by atoms with E-state index in [2.05, 4.69) is 11.9 Å². The topological polar surface area (TPSA) is 38.1 Å². The number of hydrogen-bond donors (Lipinski definition) is 1. The van der Waals surface area contributed by atoms with Crippen LogP contribution in [0.5, 0.6) is 0 Å². The second kappa shape index (κ2) is 7.65. The molecule has 1 N–H and O–H groups in total. The molecule has 3 nitrogen and oxygen atoms in total. The molecule has 0 saturated carbocycles. The van der Waals surface area contributed by atoms with Crippen molar-refractivity contribution in [1.82, 2.24) is 9.55 Å². The summed E-state index contributed by atoms with van der Waals surface area (Å²) < 4.78 is 2.02. The zero-order valence-electron chi connectivity index (χ0n) is 14.0. The van der Waals surface area contributed by atoms with E-state index in [1.165, 1.54) is 0 Å². The average molecular weight is 342 g/mol. The summed E-state index contributed by atoms with van der Waals surface area (Å²) in [7, 11) is 1.98. The molecule has 0 radical (unpaired) electrons. The van der Waals surface area contributed by atoms with Gasteiger partial charge in [-0.15, -0.1) is 0 Å². The van der Waals surface area contributed by atoms with E-state index < -0.39 is 5.60 Å². The van der Waals surface area contributed by atoms with Crippen LogP contribution in [-0.2, 0) is 19.1 Å². The van der Waals surface area contributed by atoms with Crippen molar-refractivity contribution in [1.29, 1.82) is 0 Å². The molecule has 24 heavy (non-hydrogen) atoms. The van der Waals surface area contributed by atoms with Crippen molar-refractivity contribution < 1.29 is 17.5 Å². The minimum atomic E-state index is -1.21. The Morgan fingerprint density at radius 2 is 1.46 bits per heavy atom. The van der Waals surface area contributed by atoms with E-state index in [1.807, 2.05) is 72.3 Å². The molecule has 0 fully saturated rings. The third kappa shape index (κ3) is 3.10. The zero-order chi connectivity index (χ0) is 16.3. The highest BCUT2D eigenvalue weighted by atomic mass is 35.5. The Labute approximate surface area is 149 Å². The van der Waals surface area contributed by atoms with Gasteiger partial charge >= 0.3 is 0 Å². The molecule has 126 valence electrons. The van der Waals surface area contributed by atoms with Crippen LogP contribution in [0.15, 0.2) is 66.9 Å². The highest BCUT2D eigenvalue weighted by Crippen LogP contribution is 2.36. The number of halogens is 1. The molecule has 3 aromatic rings. The van der Waals surface area contributed by atoms with E-state index in [1.54, 1.807) is 6.20 Å². The first-order chi connectivity index (χ1) is 11.2. The van der Waals surface area contributed by atoms with E-state index >= 15 is 0 Å². The molecule has 0 saturated heterocycles. The SMILES string of the molecule is CCCc1ncc(C(O)(c2ccccc2)c2ccccc2)n1C.[Cl-]. The fourth-order valence-corrected chi connectivity index (χ4v) is 3.06. The van der Waals surface area contributed by atoms with Gasteiger partial charge in [-0.1, -0.05) is 67.6 Å². The van der Waals surface area contributed by atoms with Crippen molar-refractivity contribution in [3.63, 3.8) is 0 Å². The van der Waals surface area contributed by atoms with E-state index in [9.17, 15) is 5.11 Å². The molecule has 1 aromatic heterocycles.